The molecule has 0 aliphatic carbocycles. The molecule has 11 heteroatoms. The third-order valence-electron chi connectivity index (χ3n) is 6.13. The summed E-state index contributed by atoms with van der Waals surface area (Å²) in [6, 6.07) is 2.66. The molecule has 3 N–H and O–H groups in total. The first kappa shape index (κ1) is 22.3. The highest BCUT2D eigenvalue weighted by atomic mass is 19.1. The molecular weight excluding hydrogens is 439 g/mol. The third-order valence-corrected chi connectivity index (χ3v) is 6.13. The smallest absolute Gasteiger partial charge is 0.223 e. The van der Waals surface area contributed by atoms with Crippen LogP contribution in [-0.2, 0) is 6.54 Å². The Hall–Kier alpha value is -3.47. The van der Waals surface area contributed by atoms with Gasteiger partial charge in [-0.2, -0.15) is 9.61 Å². The fourth-order valence-electron chi connectivity index (χ4n) is 4.76. The number of halogens is 1. The minimum Gasteiger partial charge on any atom is -0.494 e. The Morgan fingerprint density at radius 2 is 2.06 bits per heavy atom. The SMILES string of the molecule is COc1cc(F)cc2c1nc(N)n1nc([C@@H]3C[C@@H](C)CN(c4cnn(CC(C)(C)O)c4)C3)nc21. The van der Waals surface area contributed by atoms with E-state index in [4.69, 9.17) is 15.5 Å². The number of nitrogen functional groups attached to an aromatic ring is 1. The van der Waals surface area contributed by atoms with Crippen LogP contribution in [0.1, 0.15) is 38.9 Å². The molecule has 1 saturated heterocycles. The van der Waals surface area contributed by atoms with Crippen molar-refractivity contribution in [2.24, 2.45) is 5.92 Å². The van der Waals surface area contributed by atoms with Gasteiger partial charge in [-0.05, 0) is 32.3 Å². The number of nitrogens with zero attached hydrogens (tertiary/aromatic N) is 7. The van der Waals surface area contributed by atoms with E-state index in [1.54, 1.807) is 18.5 Å². The molecule has 0 spiro atoms. The van der Waals surface area contributed by atoms with Crippen LogP contribution in [0.4, 0.5) is 16.0 Å². The summed E-state index contributed by atoms with van der Waals surface area (Å²) in [5, 5.41) is 19.7. The minimum absolute atomic E-state index is 0.0474. The Balaban J connectivity index is 1.50. The quantitative estimate of drug-likeness (QED) is 0.459. The van der Waals surface area contributed by atoms with Gasteiger partial charge in [0.15, 0.2) is 11.5 Å². The van der Waals surface area contributed by atoms with Gasteiger partial charge in [0.1, 0.15) is 17.1 Å². The summed E-state index contributed by atoms with van der Waals surface area (Å²) < 4.78 is 22.8. The summed E-state index contributed by atoms with van der Waals surface area (Å²) in [6.45, 7) is 7.71. The number of aromatic nitrogens is 6. The predicted octanol–water partition coefficient (Wildman–Crippen LogP) is 2.60. The van der Waals surface area contributed by atoms with Gasteiger partial charge < -0.3 is 20.5 Å². The molecule has 1 fully saturated rings. The van der Waals surface area contributed by atoms with Crippen molar-refractivity contribution in [2.45, 2.75) is 45.3 Å². The first-order valence-corrected chi connectivity index (χ1v) is 11.3. The molecule has 0 amide bonds. The van der Waals surface area contributed by atoms with Gasteiger partial charge in [-0.15, -0.1) is 5.10 Å². The average Bonchev–Trinajstić information content (AvgIpc) is 3.40. The van der Waals surface area contributed by atoms with Crippen molar-refractivity contribution in [1.29, 1.82) is 0 Å². The Bertz CT molecular complexity index is 1360. The summed E-state index contributed by atoms with van der Waals surface area (Å²) in [6.07, 6.45) is 4.69. The molecule has 4 aromatic rings. The second-order valence-electron chi connectivity index (χ2n) is 9.83. The number of methoxy groups -OCH3 is 1. The number of hydrogen-bond acceptors (Lipinski definition) is 8. The van der Waals surface area contributed by atoms with Crippen molar-refractivity contribution in [2.75, 3.05) is 30.8 Å². The molecule has 180 valence electrons. The molecule has 3 aromatic heterocycles. The van der Waals surface area contributed by atoms with Crippen LogP contribution in [0.2, 0.25) is 0 Å². The predicted molar refractivity (Wildman–Crippen MR) is 126 cm³/mol. The highest BCUT2D eigenvalue weighted by molar-refractivity contribution is 5.95. The van der Waals surface area contributed by atoms with Gasteiger partial charge in [0.2, 0.25) is 5.95 Å². The van der Waals surface area contributed by atoms with Gasteiger partial charge in [-0.1, -0.05) is 6.92 Å². The van der Waals surface area contributed by atoms with E-state index in [1.165, 1.54) is 23.8 Å². The van der Waals surface area contributed by atoms with Crippen LogP contribution < -0.4 is 15.4 Å². The zero-order valence-electron chi connectivity index (χ0n) is 19.7. The number of nitrogens with two attached hydrogens (primary N) is 1. The number of ether oxygens (including phenoxy) is 1. The Kier molecular flexibility index (Phi) is 5.31. The minimum atomic E-state index is -0.847. The summed E-state index contributed by atoms with van der Waals surface area (Å²) in [5.41, 5.74) is 7.23. The maximum absolute atomic E-state index is 14.2. The lowest BCUT2D eigenvalue weighted by Crippen LogP contribution is -2.39. The van der Waals surface area contributed by atoms with E-state index in [9.17, 15) is 9.50 Å². The number of piperidine rings is 1. The van der Waals surface area contributed by atoms with Gasteiger partial charge in [0.25, 0.3) is 0 Å². The van der Waals surface area contributed by atoms with Crippen molar-refractivity contribution in [3.63, 3.8) is 0 Å². The lowest BCUT2D eigenvalue weighted by molar-refractivity contribution is 0.0577. The Labute approximate surface area is 196 Å². The summed E-state index contributed by atoms with van der Waals surface area (Å²) in [5.74, 6) is 1.11. The average molecular weight is 469 g/mol. The first-order chi connectivity index (χ1) is 16.1. The van der Waals surface area contributed by atoms with E-state index in [2.05, 4.69) is 27.0 Å². The Morgan fingerprint density at radius 3 is 2.79 bits per heavy atom. The summed E-state index contributed by atoms with van der Waals surface area (Å²) in [7, 11) is 1.47. The third kappa shape index (κ3) is 4.11. The number of benzene rings is 1. The van der Waals surface area contributed by atoms with Crippen LogP contribution in [0.5, 0.6) is 5.75 Å². The summed E-state index contributed by atoms with van der Waals surface area (Å²) in [4.78, 5) is 11.4. The molecule has 2 atom stereocenters. The first-order valence-electron chi connectivity index (χ1n) is 11.3. The molecule has 1 aliphatic heterocycles. The largest absolute Gasteiger partial charge is 0.494 e. The molecular formula is C23H29FN8O2. The highest BCUT2D eigenvalue weighted by Crippen LogP contribution is 2.34. The van der Waals surface area contributed by atoms with Crippen molar-refractivity contribution in [3.8, 4) is 5.75 Å². The number of anilines is 2. The van der Waals surface area contributed by atoms with Crippen molar-refractivity contribution in [1.82, 2.24) is 29.4 Å². The monoisotopic (exact) mass is 468 g/mol. The molecule has 5 rings (SSSR count). The number of hydrogen-bond donors (Lipinski definition) is 2. The molecule has 4 heterocycles. The molecule has 0 unspecified atom stereocenters. The molecule has 0 radical (unpaired) electrons. The normalized spacial score (nSPS) is 19.3. The topological polar surface area (TPSA) is 120 Å². The van der Waals surface area contributed by atoms with Crippen molar-refractivity contribution < 1.29 is 14.2 Å². The van der Waals surface area contributed by atoms with Crippen molar-refractivity contribution in [3.05, 3.63) is 36.2 Å². The number of aliphatic hydroxyl groups is 1. The van der Waals surface area contributed by atoms with E-state index in [1.807, 2.05) is 12.4 Å². The lowest BCUT2D eigenvalue weighted by atomic mass is 9.90. The van der Waals surface area contributed by atoms with E-state index in [0.29, 0.717) is 47.1 Å². The highest BCUT2D eigenvalue weighted by Gasteiger charge is 2.30. The lowest BCUT2D eigenvalue weighted by Gasteiger charge is -2.36. The standard InChI is InChI=1S/C23H29FN8O2/c1-13-5-14(10-30(9-13)16-8-26-31(11-16)12-23(2,3)33)20-28-21-17-6-15(24)7-18(34-4)19(17)27-22(25)32(21)29-20/h6-8,11,13-14,33H,5,9-10,12H2,1-4H3,(H2,25,27)/t13-,14-/m1/s1. The maximum atomic E-state index is 14.2. The van der Waals surface area contributed by atoms with E-state index < -0.39 is 11.4 Å². The van der Waals surface area contributed by atoms with Gasteiger partial charge in [0, 0.05) is 31.3 Å². The fourth-order valence-corrected chi connectivity index (χ4v) is 4.76. The summed E-state index contributed by atoms with van der Waals surface area (Å²) >= 11 is 0. The van der Waals surface area contributed by atoms with Crippen LogP contribution >= 0.6 is 0 Å². The van der Waals surface area contributed by atoms with Gasteiger partial charge >= 0.3 is 0 Å². The molecule has 0 bridgehead atoms. The van der Waals surface area contributed by atoms with Crippen LogP contribution in [-0.4, -0.2) is 60.3 Å². The molecule has 0 saturated carbocycles. The van der Waals surface area contributed by atoms with E-state index in [-0.39, 0.29) is 11.9 Å². The van der Waals surface area contributed by atoms with Crippen LogP contribution in [0.25, 0.3) is 16.6 Å². The van der Waals surface area contributed by atoms with Gasteiger partial charge in [-0.25, -0.2) is 14.4 Å². The molecule has 1 aromatic carbocycles. The Morgan fingerprint density at radius 1 is 1.26 bits per heavy atom. The molecule has 34 heavy (non-hydrogen) atoms. The van der Waals surface area contributed by atoms with Crippen LogP contribution in [0.3, 0.4) is 0 Å². The van der Waals surface area contributed by atoms with Crippen LogP contribution in [0, 0.1) is 11.7 Å². The van der Waals surface area contributed by atoms with Gasteiger partial charge in [0.05, 0.1) is 36.5 Å². The molecule has 1 aliphatic rings. The zero-order chi connectivity index (χ0) is 24.2. The second kappa shape index (κ2) is 8.08. The fraction of sp³-hybridized carbons (Fsp3) is 0.478. The zero-order valence-corrected chi connectivity index (χ0v) is 19.7. The van der Waals surface area contributed by atoms with Crippen molar-refractivity contribution >= 4 is 28.2 Å². The maximum Gasteiger partial charge on any atom is 0.223 e. The van der Waals surface area contributed by atoms with E-state index in [0.717, 1.165) is 18.7 Å². The number of fused-ring (bicyclic) bond motifs is 3. The number of rotatable bonds is 5. The van der Waals surface area contributed by atoms with Gasteiger partial charge in [-0.3, -0.25) is 4.68 Å². The second-order valence-corrected chi connectivity index (χ2v) is 9.83. The van der Waals surface area contributed by atoms with E-state index >= 15 is 0 Å². The molecule has 10 nitrogen and oxygen atoms in total. The van der Waals surface area contributed by atoms with Crippen LogP contribution in [0.15, 0.2) is 24.5 Å².